The molecule has 0 spiro atoms. The van der Waals surface area contributed by atoms with Crippen LogP contribution in [0, 0.1) is 0 Å². The summed E-state index contributed by atoms with van der Waals surface area (Å²) in [5.41, 5.74) is 3.06. The first-order valence-corrected chi connectivity index (χ1v) is 8.50. The summed E-state index contributed by atoms with van der Waals surface area (Å²) in [5, 5.41) is 8.32. The van der Waals surface area contributed by atoms with Crippen molar-refractivity contribution in [2.45, 2.75) is 13.5 Å². The van der Waals surface area contributed by atoms with Gasteiger partial charge in [0.25, 0.3) is 5.91 Å². The molecule has 2 heterocycles. The van der Waals surface area contributed by atoms with E-state index >= 15 is 0 Å². The maximum Gasteiger partial charge on any atom is 0.253 e. The maximum absolute atomic E-state index is 12.0. The minimum absolute atomic E-state index is 0.104. The number of anilines is 1. The van der Waals surface area contributed by atoms with Crippen molar-refractivity contribution in [2.24, 2.45) is 0 Å². The van der Waals surface area contributed by atoms with E-state index in [0.29, 0.717) is 12.1 Å². The molecular formula is C18H16N4O2S. The van der Waals surface area contributed by atoms with Gasteiger partial charge in [0, 0.05) is 35.9 Å². The highest BCUT2D eigenvalue weighted by Gasteiger charge is 2.08. The van der Waals surface area contributed by atoms with E-state index < -0.39 is 0 Å². The van der Waals surface area contributed by atoms with Gasteiger partial charge in [0.15, 0.2) is 0 Å². The minimum Gasteiger partial charge on any atom is -0.345 e. The third-order valence-electron chi connectivity index (χ3n) is 3.38. The molecular weight excluding hydrogens is 336 g/mol. The summed E-state index contributed by atoms with van der Waals surface area (Å²) in [6, 6.07) is 10.9. The Morgan fingerprint density at radius 2 is 1.96 bits per heavy atom. The average Bonchev–Trinajstić information content (AvgIpc) is 3.09. The molecule has 6 nitrogen and oxygen atoms in total. The molecule has 2 N–H and O–H groups in total. The molecule has 0 bridgehead atoms. The lowest BCUT2D eigenvalue weighted by atomic mass is 10.1. The Morgan fingerprint density at radius 1 is 1.16 bits per heavy atom. The van der Waals surface area contributed by atoms with Gasteiger partial charge in [-0.3, -0.25) is 14.6 Å². The number of benzene rings is 1. The van der Waals surface area contributed by atoms with Crippen LogP contribution in [0.25, 0.3) is 11.3 Å². The fourth-order valence-electron chi connectivity index (χ4n) is 2.21. The van der Waals surface area contributed by atoms with Crippen LogP contribution in [-0.2, 0) is 11.3 Å². The van der Waals surface area contributed by atoms with Crippen LogP contribution in [0.3, 0.4) is 0 Å². The first kappa shape index (κ1) is 16.8. The van der Waals surface area contributed by atoms with Crippen molar-refractivity contribution in [3.8, 4) is 11.3 Å². The summed E-state index contributed by atoms with van der Waals surface area (Å²) < 4.78 is 0. The van der Waals surface area contributed by atoms with Crippen molar-refractivity contribution in [3.05, 3.63) is 64.7 Å². The molecule has 0 saturated carbocycles. The molecule has 0 aliphatic rings. The highest BCUT2D eigenvalue weighted by Crippen LogP contribution is 2.23. The zero-order valence-electron chi connectivity index (χ0n) is 13.5. The van der Waals surface area contributed by atoms with Gasteiger partial charge in [0.2, 0.25) is 5.91 Å². The summed E-state index contributed by atoms with van der Waals surface area (Å²) in [5.74, 6) is -0.280. The Bertz CT molecular complexity index is 876. The zero-order chi connectivity index (χ0) is 17.6. The molecule has 0 aliphatic carbocycles. The van der Waals surface area contributed by atoms with Crippen molar-refractivity contribution in [2.75, 3.05) is 5.32 Å². The number of thiazole rings is 1. The first-order valence-electron chi connectivity index (χ1n) is 7.62. The topological polar surface area (TPSA) is 84.0 Å². The van der Waals surface area contributed by atoms with E-state index in [9.17, 15) is 9.59 Å². The largest absolute Gasteiger partial charge is 0.345 e. The highest BCUT2D eigenvalue weighted by atomic mass is 32.1. The third-order valence-corrected chi connectivity index (χ3v) is 4.23. The molecule has 3 aromatic rings. The standard InChI is InChI=1S/C18H16N4O2S/c1-12(23)21-15-6-4-13(5-7-15)16-11-25-17(22-16)10-20-18(24)14-3-2-8-19-9-14/h2-9,11H,10H2,1H3,(H,20,24)(H,21,23). The molecule has 0 saturated heterocycles. The quantitative estimate of drug-likeness (QED) is 0.739. The smallest absolute Gasteiger partial charge is 0.253 e. The molecule has 0 fully saturated rings. The fraction of sp³-hybridized carbons (Fsp3) is 0.111. The molecule has 2 amide bonds. The summed E-state index contributed by atoms with van der Waals surface area (Å²) in [6.45, 7) is 1.84. The van der Waals surface area contributed by atoms with Gasteiger partial charge >= 0.3 is 0 Å². The SMILES string of the molecule is CC(=O)Nc1ccc(-c2csc(CNC(=O)c3cccnc3)n2)cc1. The number of hydrogen-bond donors (Lipinski definition) is 2. The monoisotopic (exact) mass is 352 g/mol. The molecule has 0 radical (unpaired) electrons. The van der Waals surface area contributed by atoms with Crippen LogP contribution < -0.4 is 10.6 Å². The number of hydrogen-bond acceptors (Lipinski definition) is 5. The van der Waals surface area contributed by atoms with Gasteiger partial charge in [0.05, 0.1) is 17.8 Å². The average molecular weight is 352 g/mol. The Balaban J connectivity index is 1.62. The predicted molar refractivity (Wildman–Crippen MR) is 97.3 cm³/mol. The summed E-state index contributed by atoms with van der Waals surface area (Å²) in [6.07, 6.45) is 3.15. The summed E-state index contributed by atoms with van der Waals surface area (Å²) in [4.78, 5) is 31.5. The fourth-order valence-corrected chi connectivity index (χ4v) is 2.95. The van der Waals surface area contributed by atoms with Gasteiger partial charge in [-0.25, -0.2) is 4.98 Å². The maximum atomic E-state index is 12.0. The van der Waals surface area contributed by atoms with Gasteiger partial charge in [-0.05, 0) is 24.3 Å². The van der Waals surface area contributed by atoms with Crippen LogP contribution in [-0.4, -0.2) is 21.8 Å². The Hall–Kier alpha value is -3.06. The lowest BCUT2D eigenvalue weighted by Crippen LogP contribution is -2.22. The van der Waals surface area contributed by atoms with Gasteiger partial charge < -0.3 is 10.6 Å². The van der Waals surface area contributed by atoms with E-state index in [-0.39, 0.29) is 11.8 Å². The van der Waals surface area contributed by atoms with E-state index in [1.54, 1.807) is 18.3 Å². The normalized spacial score (nSPS) is 10.3. The lowest BCUT2D eigenvalue weighted by Gasteiger charge is -2.03. The number of nitrogens with zero attached hydrogens (tertiary/aromatic N) is 2. The molecule has 3 rings (SSSR count). The second-order valence-corrected chi connectivity index (χ2v) is 6.25. The minimum atomic E-state index is -0.176. The number of pyridine rings is 1. The van der Waals surface area contributed by atoms with E-state index in [0.717, 1.165) is 22.0 Å². The molecule has 7 heteroatoms. The Labute approximate surface area is 149 Å². The van der Waals surface area contributed by atoms with Crippen LogP contribution in [0.4, 0.5) is 5.69 Å². The molecule has 0 aliphatic heterocycles. The Morgan fingerprint density at radius 3 is 2.64 bits per heavy atom. The molecule has 2 aromatic heterocycles. The number of carbonyl (C=O) groups excluding carboxylic acids is 2. The van der Waals surface area contributed by atoms with E-state index in [1.165, 1.54) is 24.5 Å². The van der Waals surface area contributed by atoms with E-state index in [4.69, 9.17) is 0 Å². The van der Waals surface area contributed by atoms with Gasteiger partial charge in [0.1, 0.15) is 5.01 Å². The Kier molecular flexibility index (Phi) is 5.15. The van der Waals surface area contributed by atoms with Crippen molar-refractivity contribution < 1.29 is 9.59 Å². The zero-order valence-corrected chi connectivity index (χ0v) is 14.3. The predicted octanol–water partition coefficient (Wildman–Crippen LogP) is 3.09. The molecule has 0 unspecified atom stereocenters. The van der Waals surface area contributed by atoms with Gasteiger partial charge in [-0.1, -0.05) is 12.1 Å². The molecule has 0 atom stereocenters. The van der Waals surface area contributed by atoms with Crippen LogP contribution in [0.2, 0.25) is 0 Å². The number of nitrogens with one attached hydrogen (secondary N) is 2. The van der Waals surface area contributed by atoms with Crippen LogP contribution in [0.15, 0.2) is 54.2 Å². The number of amides is 2. The van der Waals surface area contributed by atoms with Gasteiger partial charge in [-0.15, -0.1) is 11.3 Å². The van der Waals surface area contributed by atoms with Crippen LogP contribution >= 0.6 is 11.3 Å². The lowest BCUT2D eigenvalue weighted by molar-refractivity contribution is -0.114. The van der Waals surface area contributed by atoms with Crippen molar-refractivity contribution in [1.29, 1.82) is 0 Å². The van der Waals surface area contributed by atoms with Gasteiger partial charge in [-0.2, -0.15) is 0 Å². The van der Waals surface area contributed by atoms with Crippen molar-refractivity contribution in [3.63, 3.8) is 0 Å². The molecule has 25 heavy (non-hydrogen) atoms. The summed E-state index contributed by atoms with van der Waals surface area (Å²) in [7, 11) is 0. The first-order chi connectivity index (χ1) is 12.1. The summed E-state index contributed by atoms with van der Waals surface area (Å²) >= 11 is 1.49. The third kappa shape index (κ3) is 4.48. The van der Waals surface area contributed by atoms with Crippen molar-refractivity contribution >= 4 is 28.8 Å². The highest BCUT2D eigenvalue weighted by molar-refractivity contribution is 7.09. The number of rotatable bonds is 5. The second kappa shape index (κ2) is 7.67. The number of aromatic nitrogens is 2. The number of carbonyl (C=O) groups is 2. The second-order valence-electron chi connectivity index (χ2n) is 5.31. The van der Waals surface area contributed by atoms with Crippen LogP contribution in [0.5, 0.6) is 0 Å². The van der Waals surface area contributed by atoms with E-state index in [1.807, 2.05) is 29.6 Å². The van der Waals surface area contributed by atoms with Crippen molar-refractivity contribution in [1.82, 2.24) is 15.3 Å². The molecule has 126 valence electrons. The van der Waals surface area contributed by atoms with E-state index in [2.05, 4.69) is 20.6 Å². The molecule has 1 aromatic carbocycles. The van der Waals surface area contributed by atoms with Crippen LogP contribution in [0.1, 0.15) is 22.3 Å².